The molecule has 0 bridgehead atoms. The first-order chi connectivity index (χ1) is 34.7. The predicted octanol–water partition coefficient (Wildman–Crippen LogP) is 5.32. The number of nitrogens with zero attached hydrogens (tertiary/aromatic N) is 2. The van der Waals surface area contributed by atoms with Gasteiger partial charge in [-0.15, -0.1) is 12.4 Å². The van der Waals surface area contributed by atoms with Gasteiger partial charge in [-0.2, -0.15) is 0 Å². The summed E-state index contributed by atoms with van der Waals surface area (Å²) < 4.78 is 53.6. The van der Waals surface area contributed by atoms with Crippen molar-refractivity contribution >= 4 is 75.3 Å². The summed E-state index contributed by atoms with van der Waals surface area (Å²) in [5.41, 5.74) is 4.42. The number of likely N-dealkylation sites (tertiary alicyclic amines) is 2. The Balaban J connectivity index is 0.000000209. The number of halogens is 3. The van der Waals surface area contributed by atoms with Crippen molar-refractivity contribution in [1.82, 2.24) is 20.4 Å². The first-order valence-electron chi connectivity index (χ1n) is 23.0. The molecule has 2 aliphatic rings. The summed E-state index contributed by atoms with van der Waals surface area (Å²) in [6, 6.07) is 16.5. The molecule has 2 aliphatic heterocycles. The molecule has 21 nitrogen and oxygen atoms in total. The number of alkyl halides is 2. The fourth-order valence-electron chi connectivity index (χ4n) is 7.43. The molecule has 6 aromatic rings. The molecule has 0 saturated carbocycles. The van der Waals surface area contributed by atoms with E-state index in [9.17, 15) is 57.4 Å². The number of β-amino-alcohol motifs (C(OH)–C–C–N with tert-alkyl or cyclic N) is 2. The highest BCUT2D eigenvalue weighted by atomic mass is 35.5. The number of alkyl carbamates (subject to hydrolysis) is 2. The van der Waals surface area contributed by atoms with Crippen LogP contribution in [0.4, 0.5) is 18.4 Å². The van der Waals surface area contributed by atoms with E-state index in [2.05, 4.69) is 10.6 Å². The SMILES string of the molecule is CC(C)(C)OC(=O)NCc1cc(=O)c2cc(C(=O)N3C[C@H](O)[C@@H](F)C3)ccc2o1.CC(C)(C)OC(=O)NCc1cc(=O)c2cc(C(=O)O)ccc2o1.Cl.NCc1cc(=O)c2cc(C(=O)N3C[C@H](O)[C@@H](F)C3)ccc2o1. The summed E-state index contributed by atoms with van der Waals surface area (Å²) in [7, 11) is 0. The fraction of sp³-hybridized carbons (Fsp3) is 0.373. The van der Waals surface area contributed by atoms with Gasteiger partial charge in [0.2, 0.25) is 0 Å². The highest BCUT2D eigenvalue weighted by Crippen LogP contribution is 2.22. The number of ether oxygens (including phenoxy) is 2. The second kappa shape index (κ2) is 24.1. The van der Waals surface area contributed by atoms with Crippen molar-refractivity contribution in [1.29, 1.82) is 0 Å². The molecule has 402 valence electrons. The van der Waals surface area contributed by atoms with Crippen LogP contribution >= 0.6 is 12.4 Å². The molecule has 4 amide bonds. The number of carboxylic acids is 1. The van der Waals surface area contributed by atoms with Gasteiger partial charge in [0, 0.05) is 42.4 Å². The summed E-state index contributed by atoms with van der Waals surface area (Å²) in [5, 5.41) is 33.4. The summed E-state index contributed by atoms with van der Waals surface area (Å²) in [5.74, 6) is -1.18. The van der Waals surface area contributed by atoms with Crippen molar-refractivity contribution in [2.75, 3.05) is 26.2 Å². The molecule has 24 heteroatoms. The van der Waals surface area contributed by atoms with Crippen molar-refractivity contribution in [3.8, 4) is 0 Å². The van der Waals surface area contributed by atoms with Gasteiger partial charge in [0.1, 0.15) is 69.8 Å². The lowest BCUT2D eigenvalue weighted by molar-refractivity contribution is 0.0509. The maximum absolute atomic E-state index is 13.5. The van der Waals surface area contributed by atoms with Crippen LogP contribution in [0.1, 0.15) is 89.9 Å². The van der Waals surface area contributed by atoms with Crippen LogP contribution in [0.15, 0.2) is 100 Å². The van der Waals surface area contributed by atoms with Crippen molar-refractivity contribution in [3.63, 3.8) is 0 Å². The number of nitrogens with two attached hydrogens (primary N) is 1. The number of aliphatic hydroxyl groups is 2. The van der Waals surface area contributed by atoms with Crippen LogP contribution in [0.3, 0.4) is 0 Å². The number of hydrogen-bond acceptors (Lipinski definition) is 16. The molecular formula is C51H56ClF2N5O16. The lowest BCUT2D eigenvalue weighted by Crippen LogP contribution is -2.32. The second-order valence-electron chi connectivity index (χ2n) is 19.2. The van der Waals surface area contributed by atoms with Crippen LogP contribution in [-0.4, -0.2) is 117 Å². The molecular weight excluding hydrogens is 1010 g/mol. The molecule has 8 rings (SSSR count). The number of nitrogens with one attached hydrogen (secondary N) is 2. The van der Waals surface area contributed by atoms with Crippen LogP contribution in [0, 0.1) is 0 Å². The van der Waals surface area contributed by atoms with Gasteiger partial charge in [0.05, 0.1) is 54.4 Å². The van der Waals surface area contributed by atoms with Gasteiger partial charge < -0.3 is 64.2 Å². The average Bonchev–Trinajstić information content (AvgIpc) is 3.86. The first-order valence-corrected chi connectivity index (χ1v) is 23.0. The predicted molar refractivity (Wildman–Crippen MR) is 269 cm³/mol. The number of aromatic carboxylic acids is 1. The summed E-state index contributed by atoms with van der Waals surface area (Å²) >= 11 is 0. The highest BCUT2D eigenvalue weighted by molar-refractivity contribution is 5.99. The van der Waals surface area contributed by atoms with E-state index >= 15 is 0 Å². The van der Waals surface area contributed by atoms with Crippen molar-refractivity contribution in [2.24, 2.45) is 5.73 Å². The Morgan fingerprint density at radius 2 is 0.920 bits per heavy atom. The highest BCUT2D eigenvalue weighted by Gasteiger charge is 2.36. The molecule has 3 aromatic carbocycles. The first kappa shape index (κ1) is 58.2. The monoisotopic (exact) mass is 1070 g/mol. The number of aliphatic hydroxyl groups excluding tert-OH is 2. The van der Waals surface area contributed by atoms with E-state index in [4.69, 9.17) is 33.6 Å². The van der Waals surface area contributed by atoms with Crippen LogP contribution < -0.4 is 32.7 Å². The van der Waals surface area contributed by atoms with Gasteiger partial charge in [0.15, 0.2) is 16.3 Å². The molecule has 4 atom stereocenters. The molecule has 3 aromatic heterocycles. The Morgan fingerprint density at radius 1 is 0.587 bits per heavy atom. The zero-order valence-electron chi connectivity index (χ0n) is 41.5. The number of fused-ring (bicyclic) bond motifs is 3. The van der Waals surface area contributed by atoms with Gasteiger partial charge in [-0.3, -0.25) is 24.0 Å². The van der Waals surface area contributed by atoms with E-state index < -0.39 is 65.7 Å². The quantitative estimate of drug-likeness (QED) is 0.112. The standard InChI is InChI=1S/C20H23FN2O6.C16H17NO6.C15H15FN2O4.ClH/c1-20(2,3)29-19(27)22-8-12-7-15(24)13-6-11(4-5-17(13)28-12)18(26)23-9-14(21)16(25)10-23;1-16(2,3)23-15(21)17-8-10-7-12(18)11-6-9(14(19)20)4-5-13(11)22-10;16-11-6-18(7-13(11)20)15(21)8-1-2-14-10(3-8)12(19)4-9(5-17)22-14;/h4-7,14,16,25H,8-10H2,1-3H3,(H,22,27);4-7H,8H2,1-3H3,(H,17,21)(H,19,20);1-4,11,13,20H,5-7,17H2;1H/t14-,16-;;11-,13-;/m0.0./s1. The zero-order valence-corrected chi connectivity index (χ0v) is 42.3. The Bertz CT molecular complexity index is 3280. The summed E-state index contributed by atoms with van der Waals surface area (Å²) in [6.45, 7) is 9.98. The maximum Gasteiger partial charge on any atom is 0.408 e. The largest absolute Gasteiger partial charge is 0.478 e. The molecule has 0 radical (unpaired) electrons. The molecule has 0 unspecified atom stereocenters. The summed E-state index contributed by atoms with van der Waals surface area (Å²) in [4.78, 5) is 98.0. The third-order valence-electron chi connectivity index (χ3n) is 10.9. The molecule has 5 heterocycles. The molecule has 2 fully saturated rings. The number of amides is 4. The number of carbonyl (C=O) groups excluding carboxylic acids is 4. The van der Waals surface area contributed by atoms with E-state index in [1.54, 1.807) is 41.5 Å². The number of hydrogen-bond donors (Lipinski definition) is 6. The van der Waals surface area contributed by atoms with Gasteiger partial charge >= 0.3 is 18.2 Å². The number of benzene rings is 3. The van der Waals surface area contributed by atoms with Crippen molar-refractivity contribution in [2.45, 2.75) is 96.9 Å². The van der Waals surface area contributed by atoms with E-state index in [1.807, 2.05) is 0 Å². The normalized spacial score (nSPS) is 17.3. The number of rotatable bonds is 8. The third-order valence-corrected chi connectivity index (χ3v) is 10.9. The zero-order chi connectivity index (χ0) is 54.4. The number of carboxylic acid groups (broad SMARTS) is 1. The van der Waals surface area contributed by atoms with Crippen LogP contribution in [0.2, 0.25) is 0 Å². The smallest absolute Gasteiger partial charge is 0.408 e. The Morgan fingerprint density at radius 3 is 1.24 bits per heavy atom. The van der Waals surface area contributed by atoms with Gasteiger partial charge in [-0.25, -0.2) is 23.2 Å². The summed E-state index contributed by atoms with van der Waals surface area (Å²) in [6.07, 6.45) is -6.56. The fourth-order valence-corrected chi connectivity index (χ4v) is 7.43. The third kappa shape index (κ3) is 15.4. The number of carbonyl (C=O) groups is 5. The van der Waals surface area contributed by atoms with Gasteiger partial charge in [-0.1, -0.05) is 0 Å². The lowest BCUT2D eigenvalue weighted by Gasteiger charge is -2.19. The molecule has 0 spiro atoms. The van der Waals surface area contributed by atoms with E-state index in [0.29, 0.717) is 11.3 Å². The van der Waals surface area contributed by atoms with E-state index in [1.165, 1.54) is 82.6 Å². The molecule has 75 heavy (non-hydrogen) atoms. The van der Waals surface area contributed by atoms with Crippen molar-refractivity contribution in [3.05, 3.63) is 137 Å². The molecule has 2 saturated heterocycles. The minimum Gasteiger partial charge on any atom is -0.478 e. The average molecular weight is 1070 g/mol. The van der Waals surface area contributed by atoms with Crippen LogP contribution in [0.5, 0.6) is 0 Å². The van der Waals surface area contributed by atoms with Crippen LogP contribution in [0.25, 0.3) is 32.9 Å². The Kier molecular flexibility index (Phi) is 18.7. The lowest BCUT2D eigenvalue weighted by atomic mass is 10.1. The Labute approximate surface area is 431 Å². The second-order valence-corrected chi connectivity index (χ2v) is 19.2. The van der Waals surface area contributed by atoms with E-state index in [0.717, 1.165) is 0 Å². The van der Waals surface area contributed by atoms with Gasteiger partial charge in [0.25, 0.3) is 11.8 Å². The maximum atomic E-state index is 13.5. The molecule has 0 aliphatic carbocycles. The topological polar surface area (TPSA) is 312 Å². The van der Waals surface area contributed by atoms with Crippen molar-refractivity contribution < 1.29 is 70.8 Å². The minimum absolute atomic E-state index is 0. The van der Waals surface area contributed by atoms with Gasteiger partial charge in [-0.05, 0) is 96.1 Å². The Hall–Kier alpha value is -7.73. The minimum atomic E-state index is -1.48. The van der Waals surface area contributed by atoms with E-state index in [-0.39, 0.29) is 130 Å². The molecule has 7 N–H and O–H groups in total. The van der Waals surface area contributed by atoms with Crippen LogP contribution in [-0.2, 0) is 29.1 Å².